The smallest absolute Gasteiger partial charge is 0.350 e. The molecular weight excluding hydrogens is 270 g/mol. The van der Waals surface area contributed by atoms with E-state index in [9.17, 15) is 19.7 Å². The fraction of sp³-hybridized carbons (Fsp3) is 0.636. The quantitative estimate of drug-likeness (QED) is 0.395. The molecule has 9 heteroatoms. The predicted octanol–water partition coefficient (Wildman–Crippen LogP) is -0.0529. The van der Waals surface area contributed by atoms with Gasteiger partial charge in [-0.05, 0) is 6.42 Å². The largest absolute Gasteiger partial charge is 0.354 e. The third kappa shape index (κ3) is 3.31. The van der Waals surface area contributed by atoms with Gasteiger partial charge in [-0.25, -0.2) is 9.36 Å². The lowest BCUT2D eigenvalue weighted by Crippen LogP contribution is -2.43. The maximum atomic E-state index is 12.1. The molecule has 0 fully saturated rings. The molecule has 9 nitrogen and oxygen atoms in total. The molecule has 20 heavy (non-hydrogen) atoms. The average molecular weight is 287 g/mol. The van der Waals surface area contributed by atoms with Crippen LogP contribution in [0.4, 0.5) is 5.69 Å². The molecule has 0 aliphatic carbocycles. The van der Waals surface area contributed by atoms with Gasteiger partial charge in [-0.3, -0.25) is 19.5 Å². The van der Waals surface area contributed by atoms with Gasteiger partial charge >= 0.3 is 16.9 Å². The number of ether oxygens (including phenoxy) is 2. The van der Waals surface area contributed by atoms with Crippen LogP contribution in [0.25, 0.3) is 0 Å². The second kappa shape index (κ2) is 6.96. The Morgan fingerprint density at radius 1 is 1.35 bits per heavy atom. The van der Waals surface area contributed by atoms with E-state index in [1.54, 1.807) is 0 Å². The fourth-order valence-corrected chi connectivity index (χ4v) is 1.72. The highest BCUT2D eigenvalue weighted by Gasteiger charge is 2.21. The lowest BCUT2D eigenvalue weighted by Gasteiger charge is -2.15. The average Bonchev–Trinajstić information content (AvgIpc) is 2.42. The summed E-state index contributed by atoms with van der Waals surface area (Å²) < 4.78 is 11.7. The number of aryl methyl sites for hydroxylation is 1. The first-order valence-electron chi connectivity index (χ1n) is 6.00. The number of nitrogens with zero attached hydrogens (tertiary/aromatic N) is 3. The van der Waals surface area contributed by atoms with Crippen molar-refractivity contribution in [3.8, 4) is 0 Å². The first-order valence-corrected chi connectivity index (χ1v) is 6.00. The Morgan fingerprint density at radius 2 is 1.95 bits per heavy atom. The first-order chi connectivity index (χ1) is 9.46. The van der Waals surface area contributed by atoms with E-state index in [0.717, 1.165) is 15.3 Å². The molecule has 1 aromatic rings. The molecule has 1 rings (SSSR count). The van der Waals surface area contributed by atoms with Gasteiger partial charge in [0.05, 0.1) is 17.7 Å². The summed E-state index contributed by atoms with van der Waals surface area (Å²) >= 11 is 0. The number of nitro groups is 1. The Labute approximate surface area is 114 Å². The molecule has 0 radical (unpaired) electrons. The molecule has 0 amide bonds. The van der Waals surface area contributed by atoms with Crippen LogP contribution in [0.2, 0.25) is 0 Å². The third-order valence-corrected chi connectivity index (χ3v) is 2.74. The Kier molecular flexibility index (Phi) is 5.59. The summed E-state index contributed by atoms with van der Waals surface area (Å²) in [6, 6.07) is 0. The lowest BCUT2D eigenvalue weighted by molar-refractivity contribution is -0.387. The van der Waals surface area contributed by atoms with E-state index in [4.69, 9.17) is 9.47 Å². The van der Waals surface area contributed by atoms with Gasteiger partial charge in [0.1, 0.15) is 0 Å². The summed E-state index contributed by atoms with van der Waals surface area (Å²) in [5.74, 6) is 0. The molecule has 0 saturated heterocycles. The molecule has 0 bridgehead atoms. The van der Waals surface area contributed by atoms with Crippen molar-refractivity contribution < 1.29 is 14.4 Å². The zero-order valence-corrected chi connectivity index (χ0v) is 11.6. The van der Waals surface area contributed by atoms with E-state index in [1.165, 1.54) is 14.2 Å². The minimum absolute atomic E-state index is 0.212. The van der Waals surface area contributed by atoms with Crippen molar-refractivity contribution in [2.75, 3.05) is 14.2 Å². The maximum Gasteiger partial charge on any atom is 0.350 e. The van der Waals surface area contributed by atoms with Crippen molar-refractivity contribution in [3.05, 3.63) is 37.1 Å². The molecule has 0 aliphatic heterocycles. The van der Waals surface area contributed by atoms with E-state index in [0.29, 0.717) is 6.42 Å². The SMILES string of the molecule is CCCn1cc([N+](=O)[O-])c(=O)n(CC(OC)OC)c1=O. The Balaban J connectivity index is 3.43. The van der Waals surface area contributed by atoms with Gasteiger partial charge < -0.3 is 9.47 Å². The number of rotatable bonds is 7. The molecule has 0 atom stereocenters. The number of hydrogen-bond donors (Lipinski definition) is 0. The van der Waals surface area contributed by atoms with E-state index < -0.39 is 28.1 Å². The highest BCUT2D eigenvalue weighted by Crippen LogP contribution is 2.02. The molecule has 0 aromatic carbocycles. The van der Waals surface area contributed by atoms with Crippen LogP contribution in [0, 0.1) is 10.1 Å². The van der Waals surface area contributed by atoms with Gasteiger partial charge in [0, 0.05) is 20.8 Å². The van der Waals surface area contributed by atoms with Crippen molar-refractivity contribution in [1.82, 2.24) is 9.13 Å². The van der Waals surface area contributed by atoms with Crippen LogP contribution in [0.1, 0.15) is 13.3 Å². The zero-order valence-electron chi connectivity index (χ0n) is 11.6. The molecule has 112 valence electrons. The van der Waals surface area contributed by atoms with Gasteiger partial charge in [0.25, 0.3) is 0 Å². The van der Waals surface area contributed by atoms with Crippen molar-refractivity contribution >= 4 is 5.69 Å². The Hall–Kier alpha value is -2.00. The van der Waals surface area contributed by atoms with Gasteiger partial charge in [0.2, 0.25) is 0 Å². The predicted molar refractivity (Wildman–Crippen MR) is 69.7 cm³/mol. The molecule has 1 aromatic heterocycles. The molecule has 0 N–H and O–H groups in total. The second-order valence-corrected chi connectivity index (χ2v) is 4.06. The van der Waals surface area contributed by atoms with E-state index in [-0.39, 0.29) is 13.1 Å². The van der Waals surface area contributed by atoms with Crippen LogP contribution in [0.15, 0.2) is 15.8 Å². The summed E-state index contributed by atoms with van der Waals surface area (Å²) in [6.07, 6.45) is 0.740. The van der Waals surface area contributed by atoms with Crippen molar-refractivity contribution in [2.24, 2.45) is 0 Å². The Bertz CT molecular complexity index is 587. The minimum Gasteiger partial charge on any atom is -0.354 e. The summed E-state index contributed by atoms with van der Waals surface area (Å²) in [5, 5.41) is 10.9. The monoisotopic (exact) mass is 287 g/mol. The zero-order chi connectivity index (χ0) is 15.3. The highest BCUT2D eigenvalue weighted by molar-refractivity contribution is 5.21. The summed E-state index contributed by atoms with van der Waals surface area (Å²) in [4.78, 5) is 34.1. The Morgan fingerprint density at radius 3 is 2.40 bits per heavy atom. The van der Waals surface area contributed by atoms with Crippen molar-refractivity contribution in [3.63, 3.8) is 0 Å². The van der Waals surface area contributed by atoms with Crippen molar-refractivity contribution in [2.45, 2.75) is 32.7 Å². The normalized spacial score (nSPS) is 11.0. The molecule has 0 saturated carbocycles. The van der Waals surface area contributed by atoms with Gasteiger partial charge in [-0.15, -0.1) is 0 Å². The first kappa shape index (κ1) is 16.1. The van der Waals surface area contributed by atoms with E-state index in [1.807, 2.05) is 6.92 Å². The fourth-order valence-electron chi connectivity index (χ4n) is 1.72. The molecule has 0 aliphatic rings. The van der Waals surface area contributed by atoms with E-state index in [2.05, 4.69) is 0 Å². The third-order valence-electron chi connectivity index (χ3n) is 2.74. The number of hydrogen-bond acceptors (Lipinski definition) is 6. The maximum absolute atomic E-state index is 12.1. The summed E-state index contributed by atoms with van der Waals surface area (Å²) in [6.45, 7) is 1.89. The summed E-state index contributed by atoms with van der Waals surface area (Å²) in [5.41, 5.74) is -2.24. The van der Waals surface area contributed by atoms with Crippen molar-refractivity contribution in [1.29, 1.82) is 0 Å². The van der Waals surface area contributed by atoms with Crippen LogP contribution in [0.3, 0.4) is 0 Å². The minimum atomic E-state index is -0.966. The van der Waals surface area contributed by atoms with Gasteiger partial charge in [-0.2, -0.15) is 0 Å². The lowest BCUT2D eigenvalue weighted by atomic mass is 10.4. The second-order valence-electron chi connectivity index (χ2n) is 4.06. The van der Waals surface area contributed by atoms with Crippen LogP contribution in [-0.4, -0.2) is 34.6 Å². The number of methoxy groups -OCH3 is 2. The topological polar surface area (TPSA) is 106 Å². The number of aromatic nitrogens is 2. The van der Waals surface area contributed by atoms with Crippen LogP contribution >= 0.6 is 0 Å². The summed E-state index contributed by atoms with van der Waals surface area (Å²) in [7, 11) is 2.70. The van der Waals surface area contributed by atoms with Gasteiger partial charge in [-0.1, -0.05) is 6.92 Å². The van der Waals surface area contributed by atoms with Crippen LogP contribution in [-0.2, 0) is 22.6 Å². The highest BCUT2D eigenvalue weighted by atomic mass is 16.7. The van der Waals surface area contributed by atoms with Crippen LogP contribution in [0.5, 0.6) is 0 Å². The molecule has 0 unspecified atom stereocenters. The van der Waals surface area contributed by atoms with Crippen LogP contribution < -0.4 is 11.2 Å². The molecule has 1 heterocycles. The standard InChI is InChI=1S/C11H17N3O6/c1-4-5-12-6-8(14(17)18)10(15)13(11(12)16)7-9(19-2)20-3/h6,9H,4-5,7H2,1-3H3. The van der Waals surface area contributed by atoms with E-state index >= 15 is 0 Å². The van der Waals surface area contributed by atoms with Gasteiger partial charge in [0.15, 0.2) is 6.29 Å². The molecular formula is C11H17N3O6. The molecule has 0 spiro atoms.